The average molecular weight is 731 g/mol. The van der Waals surface area contributed by atoms with E-state index in [1.807, 2.05) is 48.5 Å². The maximum absolute atomic E-state index is 6.90. The maximum atomic E-state index is 6.90. The minimum Gasteiger partial charge on any atom is -0.456 e. The quantitative estimate of drug-likeness (QED) is 0.164. The van der Waals surface area contributed by atoms with E-state index < -0.39 is 0 Å². The largest absolute Gasteiger partial charge is 0.456 e. The molecule has 4 heteroatoms. The zero-order chi connectivity index (χ0) is 37.7. The Bertz CT molecular complexity index is 3220. The van der Waals surface area contributed by atoms with Gasteiger partial charge in [0.2, 0.25) is 5.89 Å². The van der Waals surface area contributed by atoms with Crippen LogP contribution in [0.2, 0.25) is 0 Å². The second-order valence-corrected chi connectivity index (χ2v) is 14.3. The van der Waals surface area contributed by atoms with Crippen LogP contribution < -0.4 is 4.90 Å². The number of hydrogen-bond donors (Lipinski definition) is 0. The molecule has 2 aromatic heterocycles. The van der Waals surface area contributed by atoms with Crippen LogP contribution in [0.1, 0.15) is 0 Å². The molecule has 0 saturated carbocycles. The van der Waals surface area contributed by atoms with Crippen LogP contribution in [0, 0.1) is 0 Å². The van der Waals surface area contributed by atoms with Crippen LogP contribution in [0.4, 0.5) is 17.1 Å². The Morgan fingerprint density at radius 1 is 0.386 bits per heavy atom. The number of para-hydroxylation sites is 1. The van der Waals surface area contributed by atoms with Crippen molar-refractivity contribution >= 4 is 60.9 Å². The number of benzene rings is 9. The van der Waals surface area contributed by atoms with E-state index in [2.05, 4.69) is 163 Å². The number of nitrogens with zero attached hydrogens (tertiary/aromatic N) is 2. The fourth-order valence-corrected chi connectivity index (χ4v) is 8.23. The Morgan fingerprint density at radius 3 is 1.77 bits per heavy atom. The first-order valence-corrected chi connectivity index (χ1v) is 19.2. The first-order valence-electron chi connectivity index (χ1n) is 19.2. The third kappa shape index (κ3) is 5.66. The molecule has 2 heterocycles. The van der Waals surface area contributed by atoms with Gasteiger partial charge in [-0.15, -0.1) is 0 Å². The Morgan fingerprint density at radius 2 is 1.00 bits per heavy atom. The van der Waals surface area contributed by atoms with Gasteiger partial charge < -0.3 is 13.7 Å². The lowest BCUT2D eigenvalue weighted by Crippen LogP contribution is -2.11. The van der Waals surface area contributed by atoms with Gasteiger partial charge in [-0.3, -0.25) is 0 Å². The van der Waals surface area contributed by atoms with Crippen LogP contribution >= 0.6 is 0 Å². The van der Waals surface area contributed by atoms with E-state index in [1.54, 1.807) is 0 Å². The third-order valence-corrected chi connectivity index (χ3v) is 10.9. The molecule has 9 aromatic carbocycles. The van der Waals surface area contributed by atoms with Crippen molar-refractivity contribution in [3.63, 3.8) is 0 Å². The minimum absolute atomic E-state index is 0.555. The Balaban J connectivity index is 1.24. The summed E-state index contributed by atoms with van der Waals surface area (Å²) in [6.07, 6.45) is 0. The van der Waals surface area contributed by atoms with Crippen molar-refractivity contribution in [2.24, 2.45) is 0 Å². The summed E-state index contributed by atoms with van der Waals surface area (Å²) in [6.45, 7) is 0. The van der Waals surface area contributed by atoms with E-state index in [1.165, 1.54) is 10.8 Å². The SMILES string of the molecule is c1ccc(-c2ccc(N(c3ccc(-c4ccccc4)c(-c4cccc5ccccc45)c3)c3c4oc(-c5ccccc5)nc4cc4oc5ccccc5c34)cc2)cc1. The second-order valence-electron chi connectivity index (χ2n) is 14.3. The van der Waals surface area contributed by atoms with E-state index in [0.29, 0.717) is 11.5 Å². The van der Waals surface area contributed by atoms with Gasteiger partial charge in [0.05, 0.1) is 5.39 Å². The number of anilines is 3. The van der Waals surface area contributed by atoms with E-state index >= 15 is 0 Å². The number of fused-ring (bicyclic) bond motifs is 5. The molecule has 0 fully saturated rings. The lowest BCUT2D eigenvalue weighted by atomic mass is 9.90. The molecule has 0 aliphatic heterocycles. The van der Waals surface area contributed by atoms with Gasteiger partial charge in [0, 0.05) is 28.4 Å². The van der Waals surface area contributed by atoms with Gasteiger partial charge in [-0.2, -0.15) is 0 Å². The predicted octanol–water partition coefficient (Wildman–Crippen LogP) is 15.0. The summed E-state index contributed by atoms with van der Waals surface area (Å²) in [5.41, 5.74) is 13.6. The molecule has 0 unspecified atom stereocenters. The fourth-order valence-electron chi connectivity index (χ4n) is 8.23. The molecule has 11 aromatic rings. The third-order valence-electron chi connectivity index (χ3n) is 10.9. The topological polar surface area (TPSA) is 42.4 Å². The Labute approximate surface area is 329 Å². The molecule has 268 valence electrons. The zero-order valence-electron chi connectivity index (χ0n) is 30.8. The molecule has 0 aliphatic carbocycles. The van der Waals surface area contributed by atoms with Crippen molar-refractivity contribution < 1.29 is 8.83 Å². The van der Waals surface area contributed by atoms with Crippen molar-refractivity contribution in [3.8, 4) is 44.8 Å². The maximum Gasteiger partial charge on any atom is 0.227 e. The van der Waals surface area contributed by atoms with Crippen molar-refractivity contribution in [2.75, 3.05) is 4.90 Å². The molecule has 0 bridgehead atoms. The second kappa shape index (κ2) is 13.6. The van der Waals surface area contributed by atoms with Crippen molar-refractivity contribution in [1.82, 2.24) is 4.98 Å². The molecule has 0 atom stereocenters. The van der Waals surface area contributed by atoms with Crippen LogP contribution in [0.5, 0.6) is 0 Å². The summed E-state index contributed by atoms with van der Waals surface area (Å²) in [7, 11) is 0. The molecule has 0 radical (unpaired) electrons. The summed E-state index contributed by atoms with van der Waals surface area (Å²) < 4.78 is 13.5. The van der Waals surface area contributed by atoms with Gasteiger partial charge in [0.15, 0.2) is 5.58 Å². The highest BCUT2D eigenvalue weighted by atomic mass is 16.4. The monoisotopic (exact) mass is 730 g/mol. The molecule has 0 amide bonds. The molecule has 0 saturated heterocycles. The molecule has 4 nitrogen and oxygen atoms in total. The molecule has 0 spiro atoms. The Kier molecular flexibility index (Phi) is 7.78. The molecule has 57 heavy (non-hydrogen) atoms. The number of aromatic nitrogens is 1. The van der Waals surface area contributed by atoms with E-state index in [9.17, 15) is 0 Å². The molecular weight excluding hydrogens is 697 g/mol. The molecule has 0 aliphatic rings. The van der Waals surface area contributed by atoms with Crippen molar-refractivity contribution in [1.29, 1.82) is 0 Å². The summed E-state index contributed by atoms with van der Waals surface area (Å²) in [4.78, 5) is 7.41. The van der Waals surface area contributed by atoms with Crippen LogP contribution in [-0.2, 0) is 0 Å². The Hall–Kier alpha value is -7.69. The number of furan rings is 1. The van der Waals surface area contributed by atoms with Gasteiger partial charge in [-0.05, 0) is 86.6 Å². The fraction of sp³-hybridized carbons (Fsp3) is 0. The van der Waals surface area contributed by atoms with E-state index in [-0.39, 0.29) is 0 Å². The first-order chi connectivity index (χ1) is 28.3. The highest BCUT2D eigenvalue weighted by Gasteiger charge is 2.27. The van der Waals surface area contributed by atoms with E-state index in [0.717, 1.165) is 83.5 Å². The normalized spacial score (nSPS) is 11.5. The van der Waals surface area contributed by atoms with E-state index in [4.69, 9.17) is 13.8 Å². The zero-order valence-corrected chi connectivity index (χ0v) is 30.8. The van der Waals surface area contributed by atoms with Gasteiger partial charge in [-0.1, -0.05) is 158 Å². The van der Waals surface area contributed by atoms with Gasteiger partial charge in [0.25, 0.3) is 0 Å². The van der Waals surface area contributed by atoms with Crippen molar-refractivity contribution in [3.05, 3.63) is 206 Å². The summed E-state index contributed by atoms with van der Waals surface area (Å²) >= 11 is 0. The summed E-state index contributed by atoms with van der Waals surface area (Å²) in [5, 5.41) is 4.35. The lowest BCUT2D eigenvalue weighted by Gasteiger charge is -2.28. The smallest absolute Gasteiger partial charge is 0.227 e. The molecule has 0 N–H and O–H groups in total. The van der Waals surface area contributed by atoms with Crippen molar-refractivity contribution in [2.45, 2.75) is 0 Å². The van der Waals surface area contributed by atoms with Crippen LogP contribution in [-0.4, -0.2) is 4.98 Å². The van der Waals surface area contributed by atoms with Crippen LogP contribution in [0.15, 0.2) is 215 Å². The predicted molar refractivity (Wildman–Crippen MR) is 235 cm³/mol. The van der Waals surface area contributed by atoms with Gasteiger partial charge >= 0.3 is 0 Å². The molecule has 11 rings (SSSR count). The van der Waals surface area contributed by atoms with Gasteiger partial charge in [0.1, 0.15) is 22.4 Å². The highest BCUT2D eigenvalue weighted by Crippen LogP contribution is 2.50. The number of oxazole rings is 1. The highest BCUT2D eigenvalue weighted by molar-refractivity contribution is 6.20. The van der Waals surface area contributed by atoms with Crippen LogP contribution in [0.25, 0.3) is 88.6 Å². The lowest BCUT2D eigenvalue weighted by molar-refractivity contribution is 0.620. The van der Waals surface area contributed by atoms with Gasteiger partial charge in [-0.25, -0.2) is 4.98 Å². The standard InChI is InChI=1S/C53H34N2O2/c1-4-15-35(16-5-1)36-27-29-40(30-28-36)55(41-31-32-43(37-17-6-2-7-18-37)46(33-41)44-25-14-22-38-19-10-11-23-42(38)44)51-50-45-24-12-13-26-48(45)56-49(50)34-47-52(51)57-53(54-47)39-20-8-3-9-21-39/h1-34H. The summed E-state index contributed by atoms with van der Waals surface area (Å²) in [5.74, 6) is 0.555. The average Bonchev–Trinajstić information content (AvgIpc) is 3.89. The minimum atomic E-state index is 0.555. The summed E-state index contributed by atoms with van der Waals surface area (Å²) in [6, 6.07) is 72.3. The first kappa shape index (κ1) is 32.7. The number of rotatable bonds is 7. The van der Waals surface area contributed by atoms with Crippen LogP contribution in [0.3, 0.4) is 0 Å². The molecular formula is C53H34N2O2. The number of hydrogen-bond acceptors (Lipinski definition) is 4.